The first-order valence-corrected chi connectivity index (χ1v) is 14.1. The summed E-state index contributed by atoms with van der Waals surface area (Å²) in [5.74, 6) is -1.48. The number of benzene rings is 2. The number of aryl methyl sites for hydroxylation is 1. The van der Waals surface area contributed by atoms with E-state index in [1.807, 2.05) is 24.3 Å². The molecule has 208 valence electrons. The number of amides is 2. The molecule has 2 amide bonds. The van der Waals surface area contributed by atoms with Gasteiger partial charge in [0.2, 0.25) is 5.91 Å². The highest BCUT2D eigenvalue weighted by Crippen LogP contribution is 2.37. The molecule has 3 atom stereocenters. The zero-order valence-corrected chi connectivity index (χ0v) is 24.1. The van der Waals surface area contributed by atoms with Gasteiger partial charge in [0.15, 0.2) is 0 Å². The summed E-state index contributed by atoms with van der Waals surface area (Å²) < 4.78 is 14.9. The van der Waals surface area contributed by atoms with Crippen LogP contribution in [0.3, 0.4) is 0 Å². The first-order chi connectivity index (χ1) is 18.5. The number of anilines is 1. The number of carbonyl (C=O) groups excluding carboxylic acids is 2. The maximum absolute atomic E-state index is 14.9. The van der Waals surface area contributed by atoms with Crippen LogP contribution >= 0.6 is 0 Å². The summed E-state index contributed by atoms with van der Waals surface area (Å²) in [6, 6.07) is 12.5. The molecule has 1 unspecified atom stereocenters. The molecule has 1 aliphatic heterocycles. The van der Waals surface area contributed by atoms with Crippen molar-refractivity contribution in [3.05, 3.63) is 88.9 Å². The Morgan fingerprint density at radius 2 is 1.85 bits per heavy atom. The number of hydrogen-bond donors (Lipinski definition) is 2. The van der Waals surface area contributed by atoms with Crippen LogP contribution in [0.2, 0.25) is 0 Å². The SMILES string of the molecule is Cc1cccc(F)c1C(=O)N1CCC[C@H](C(=O)Nc2cccc(C(C)(C)C)c2)[C@@H]1C1C=CC=C(NC(C)C)C1. The van der Waals surface area contributed by atoms with E-state index in [1.165, 1.54) is 6.07 Å². The fraction of sp³-hybridized carbons (Fsp3) is 0.455. The molecule has 0 spiro atoms. The molecule has 0 aromatic heterocycles. The Morgan fingerprint density at radius 3 is 2.54 bits per heavy atom. The second-order valence-electron chi connectivity index (χ2n) is 12.2. The highest BCUT2D eigenvalue weighted by Gasteiger charge is 2.43. The molecule has 5 nitrogen and oxygen atoms in total. The number of likely N-dealkylation sites (tertiary alicyclic amines) is 1. The van der Waals surface area contributed by atoms with E-state index in [0.717, 1.165) is 16.9 Å². The molecular weight excluding hydrogens is 489 g/mol. The van der Waals surface area contributed by atoms with E-state index >= 15 is 0 Å². The van der Waals surface area contributed by atoms with Crippen LogP contribution in [0, 0.1) is 24.6 Å². The smallest absolute Gasteiger partial charge is 0.257 e. The van der Waals surface area contributed by atoms with Crippen molar-refractivity contribution in [1.29, 1.82) is 0 Å². The zero-order chi connectivity index (χ0) is 28.3. The summed E-state index contributed by atoms with van der Waals surface area (Å²) in [5, 5.41) is 6.65. The number of nitrogens with zero attached hydrogens (tertiary/aromatic N) is 1. The van der Waals surface area contributed by atoms with Gasteiger partial charge in [-0.2, -0.15) is 0 Å². The monoisotopic (exact) mass is 531 g/mol. The van der Waals surface area contributed by atoms with Gasteiger partial charge in [0, 0.05) is 29.9 Å². The minimum Gasteiger partial charge on any atom is -0.386 e. The van der Waals surface area contributed by atoms with Gasteiger partial charge in [-0.15, -0.1) is 0 Å². The van der Waals surface area contributed by atoms with Crippen molar-refractivity contribution in [2.24, 2.45) is 11.8 Å². The summed E-state index contributed by atoms with van der Waals surface area (Å²) in [6.07, 6.45) is 8.18. The second-order valence-corrected chi connectivity index (χ2v) is 12.2. The normalized spacial score (nSPS) is 21.5. The molecule has 0 saturated carbocycles. The lowest BCUT2D eigenvalue weighted by Gasteiger charge is -2.45. The van der Waals surface area contributed by atoms with Crippen LogP contribution in [-0.2, 0) is 10.2 Å². The van der Waals surface area contributed by atoms with E-state index < -0.39 is 17.8 Å². The Kier molecular flexibility index (Phi) is 8.63. The molecule has 0 radical (unpaired) electrons. The maximum atomic E-state index is 14.9. The van der Waals surface area contributed by atoms with Gasteiger partial charge in [0.1, 0.15) is 5.82 Å². The lowest BCUT2D eigenvalue weighted by Crippen LogP contribution is -2.55. The Labute approximate surface area is 232 Å². The first kappa shape index (κ1) is 28.6. The molecule has 2 aromatic carbocycles. The number of carbonyl (C=O) groups is 2. The van der Waals surface area contributed by atoms with Crippen LogP contribution < -0.4 is 10.6 Å². The fourth-order valence-corrected chi connectivity index (χ4v) is 5.83. The van der Waals surface area contributed by atoms with E-state index in [1.54, 1.807) is 24.0 Å². The molecular formula is C33H42FN3O2. The average Bonchev–Trinajstić information content (AvgIpc) is 2.87. The van der Waals surface area contributed by atoms with Gasteiger partial charge in [-0.3, -0.25) is 9.59 Å². The van der Waals surface area contributed by atoms with Crippen molar-refractivity contribution in [2.75, 3.05) is 11.9 Å². The second kappa shape index (κ2) is 11.8. The van der Waals surface area contributed by atoms with Gasteiger partial charge < -0.3 is 15.5 Å². The summed E-state index contributed by atoms with van der Waals surface area (Å²) in [4.78, 5) is 29.6. The summed E-state index contributed by atoms with van der Waals surface area (Å²) in [5.41, 5.74) is 3.61. The molecule has 6 heteroatoms. The van der Waals surface area contributed by atoms with Gasteiger partial charge >= 0.3 is 0 Å². The van der Waals surface area contributed by atoms with Gasteiger partial charge in [-0.25, -0.2) is 4.39 Å². The summed E-state index contributed by atoms with van der Waals surface area (Å²) in [6.45, 7) is 12.9. The van der Waals surface area contributed by atoms with Crippen molar-refractivity contribution in [2.45, 2.75) is 78.3 Å². The van der Waals surface area contributed by atoms with E-state index in [0.29, 0.717) is 31.4 Å². The predicted molar refractivity (Wildman–Crippen MR) is 156 cm³/mol. The van der Waals surface area contributed by atoms with Crippen LogP contribution in [0.1, 0.15) is 75.4 Å². The van der Waals surface area contributed by atoms with Crippen molar-refractivity contribution in [1.82, 2.24) is 10.2 Å². The average molecular weight is 532 g/mol. The lowest BCUT2D eigenvalue weighted by atomic mass is 9.77. The molecule has 1 heterocycles. The number of piperidine rings is 1. The van der Waals surface area contributed by atoms with Crippen LogP contribution in [0.4, 0.5) is 10.1 Å². The zero-order valence-electron chi connectivity index (χ0n) is 24.1. The molecule has 1 fully saturated rings. The van der Waals surface area contributed by atoms with Gasteiger partial charge in [-0.1, -0.05) is 57.2 Å². The fourth-order valence-electron chi connectivity index (χ4n) is 5.83. The van der Waals surface area contributed by atoms with Gasteiger partial charge in [-0.05, 0) is 80.9 Å². The van der Waals surface area contributed by atoms with Gasteiger partial charge in [0.25, 0.3) is 5.91 Å². The molecule has 2 aromatic rings. The van der Waals surface area contributed by atoms with Crippen molar-refractivity contribution >= 4 is 17.5 Å². The van der Waals surface area contributed by atoms with E-state index in [4.69, 9.17) is 0 Å². The minimum atomic E-state index is -0.523. The molecule has 39 heavy (non-hydrogen) atoms. The Hall–Kier alpha value is -3.41. The van der Waals surface area contributed by atoms with Crippen molar-refractivity contribution in [3.8, 4) is 0 Å². The Morgan fingerprint density at radius 1 is 1.10 bits per heavy atom. The third-order valence-corrected chi connectivity index (χ3v) is 7.74. The molecule has 1 saturated heterocycles. The molecule has 0 bridgehead atoms. The Bertz CT molecular complexity index is 1250. The standard InChI is InChI=1S/C33H42FN3O2/c1-21(2)35-25-14-8-12-23(19-25)30-27(31(38)36-26-15-9-13-24(20-26)33(4,5)6)16-10-18-37(30)32(39)29-22(3)11-7-17-28(29)34/h7-9,11-15,17,20-21,23,27,30,35H,10,16,18-19H2,1-6H3,(H,36,38)/t23?,27-,30-/m0/s1. The number of rotatable bonds is 6. The summed E-state index contributed by atoms with van der Waals surface area (Å²) >= 11 is 0. The Balaban J connectivity index is 1.68. The highest BCUT2D eigenvalue weighted by atomic mass is 19.1. The molecule has 2 aliphatic rings. The largest absolute Gasteiger partial charge is 0.386 e. The topological polar surface area (TPSA) is 61.4 Å². The molecule has 1 aliphatic carbocycles. The van der Waals surface area contributed by atoms with Crippen molar-refractivity contribution in [3.63, 3.8) is 0 Å². The van der Waals surface area contributed by atoms with Crippen molar-refractivity contribution < 1.29 is 14.0 Å². The lowest BCUT2D eigenvalue weighted by molar-refractivity contribution is -0.123. The third kappa shape index (κ3) is 6.60. The maximum Gasteiger partial charge on any atom is 0.257 e. The van der Waals surface area contributed by atoms with E-state index in [-0.39, 0.29) is 34.8 Å². The highest BCUT2D eigenvalue weighted by molar-refractivity contribution is 5.98. The first-order valence-electron chi connectivity index (χ1n) is 14.1. The minimum absolute atomic E-state index is 0.0476. The number of hydrogen-bond acceptors (Lipinski definition) is 3. The van der Waals surface area contributed by atoms with E-state index in [9.17, 15) is 14.0 Å². The van der Waals surface area contributed by atoms with E-state index in [2.05, 4.69) is 63.5 Å². The predicted octanol–water partition coefficient (Wildman–Crippen LogP) is 6.75. The van der Waals surface area contributed by atoms with Crippen LogP contribution in [-0.4, -0.2) is 35.3 Å². The number of allylic oxidation sites excluding steroid dienone is 3. The number of nitrogens with one attached hydrogen (secondary N) is 2. The third-order valence-electron chi connectivity index (χ3n) is 7.74. The van der Waals surface area contributed by atoms with Crippen LogP contribution in [0.25, 0.3) is 0 Å². The number of halogens is 1. The quantitative estimate of drug-likeness (QED) is 0.434. The molecule has 4 rings (SSSR count). The van der Waals surface area contributed by atoms with Crippen LogP contribution in [0.5, 0.6) is 0 Å². The molecule has 2 N–H and O–H groups in total. The van der Waals surface area contributed by atoms with Crippen LogP contribution in [0.15, 0.2) is 66.4 Å². The summed E-state index contributed by atoms with van der Waals surface area (Å²) in [7, 11) is 0. The van der Waals surface area contributed by atoms with Gasteiger partial charge in [0.05, 0.1) is 17.5 Å².